The SMILES string of the molecule is Cn1nnc(Br)c1C(NN)c1ccc(Cl)c(Br)c1. The maximum Gasteiger partial charge on any atom is 0.153 e. The van der Waals surface area contributed by atoms with Gasteiger partial charge in [0.05, 0.1) is 16.8 Å². The predicted octanol–water partition coefficient (Wildman–Crippen LogP) is 2.55. The van der Waals surface area contributed by atoms with Crippen LogP contribution in [0.1, 0.15) is 17.3 Å². The summed E-state index contributed by atoms with van der Waals surface area (Å²) in [5.74, 6) is 5.63. The summed E-state index contributed by atoms with van der Waals surface area (Å²) in [5, 5.41) is 8.53. The number of hydrogen-bond acceptors (Lipinski definition) is 4. The average Bonchev–Trinajstić information content (AvgIpc) is 2.66. The van der Waals surface area contributed by atoms with Crippen molar-refractivity contribution in [3.63, 3.8) is 0 Å². The van der Waals surface area contributed by atoms with Crippen LogP contribution in [0.5, 0.6) is 0 Å². The number of benzene rings is 1. The molecule has 1 atom stereocenters. The van der Waals surface area contributed by atoms with Crippen LogP contribution in [0.4, 0.5) is 0 Å². The Balaban J connectivity index is 2.48. The van der Waals surface area contributed by atoms with Crippen LogP contribution in [0.15, 0.2) is 27.3 Å². The smallest absolute Gasteiger partial charge is 0.153 e. The Bertz CT molecular complexity index is 552. The van der Waals surface area contributed by atoms with Crippen LogP contribution in [-0.4, -0.2) is 15.0 Å². The lowest BCUT2D eigenvalue weighted by Crippen LogP contribution is -2.30. The van der Waals surface area contributed by atoms with E-state index in [4.69, 9.17) is 17.4 Å². The first-order valence-electron chi connectivity index (χ1n) is 5.00. The molecule has 2 aromatic rings. The third-order valence-corrected chi connectivity index (χ3v) is 4.32. The normalized spacial score (nSPS) is 12.7. The molecule has 1 unspecified atom stereocenters. The summed E-state index contributed by atoms with van der Waals surface area (Å²) < 4.78 is 3.13. The molecule has 18 heavy (non-hydrogen) atoms. The van der Waals surface area contributed by atoms with E-state index >= 15 is 0 Å². The first-order chi connectivity index (χ1) is 8.54. The molecule has 0 aliphatic heterocycles. The lowest BCUT2D eigenvalue weighted by atomic mass is 10.1. The van der Waals surface area contributed by atoms with E-state index in [1.54, 1.807) is 4.68 Å². The van der Waals surface area contributed by atoms with Crippen LogP contribution in [-0.2, 0) is 7.05 Å². The lowest BCUT2D eigenvalue weighted by molar-refractivity contribution is 0.569. The molecule has 0 saturated heterocycles. The molecule has 0 spiro atoms. The molecular weight excluding hydrogens is 385 g/mol. The Morgan fingerprint density at radius 3 is 2.67 bits per heavy atom. The third kappa shape index (κ3) is 2.60. The van der Waals surface area contributed by atoms with Crippen LogP contribution < -0.4 is 11.3 Å². The second-order valence-electron chi connectivity index (χ2n) is 3.66. The maximum absolute atomic E-state index is 5.98. The van der Waals surface area contributed by atoms with Crippen LogP contribution in [0.3, 0.4) is 0 Å². The fourth-order valence-electron chi connectivity index (χ4n) is 1.67. The number of aryl methyl sites for hydroxylation is 1. The quantitative estimate of drug-likeness (QED) is 0.619. The van der Waals surface area contributed by atoms with Crippen LogP contribution in [0, 0.1) is 0 Å². The van der Waals surface area contributed by atoms with E-state index in [1.165, 1.54) is 0 Å². The second-order valence-corrected chi connectivity index (χ2v) is 5.68. The lowest BCUT2D eigenvalue weighted by Gasteiger charge is -2.17. The number of nitrogens with one attached hydrogen (secondary N) is 1. The first kappa shape index (κ1) is 14.0. The summed E-state index contributed by atoms with van der Waals surface area (Å²) in [6.07, 6.45) is 0. The van der Waals surface area contributed by atoms with Crippen LogP contribution >= 0.6 is 43.5 Å². The molecule has 5 nitrogen and oxygen atoms in total. The summed E-state index contributed by atoms with van der Waals surface area (Å²) in [6, 6.07) is 5.39. The van der Waals surface area contributed by atoms with Crippen molar-refractivity contribution in [2.75, 3.05) is 0 Å². The molecule has 0 radical (unpaired) electrons. The molecule has 3 N–H and O–H groups in total. The molecule has 0 fully saturated rings. The molecule has 0 saturated carbocycles. The van der Waals surface area contributed by atoms with Crippen molar-refractivity contribution in [2.45, 2.75) is 6.04 Å². The first-order valence-corrected chi connectivity index (χ1v) is 6.97. The highest BCUT2D eigenvalue weighted by atomic mass is 79.9. The van der Waals surface area contributed by atoms with E-state index < -0.39 is 0 Å². The van der Waals surface area contributed by atoms with Gasteiger partial charge < -0.3 is 0 Å². The van der Waals surface area contributed by atoms with Crippen LogP contribution in [0.2, 0.25) is 5.02 Å². The van der Waals surface area contributed by atoms with Gasteiger partial charge in [-0.15, -0.1) is 5.10 Å². The molecule has 8 heteroatoms. The maximum atomic E-state index is 5.98. The largest absolute Gasteiger partial charge is 0.271 e. The van der Waals surface area contributed by atoms with Gasteiger partial charge in [-0.25, -0.2) is 10.1 Å². The minimum atomic E-state index is -0.229. The Kier molecular flexibility index (Phi) is 4.39. The molecule has 1 aromatic carbocycles. The molecule has 1 heterocycles. The van der Waals surface area contributed by atoms with Gasteiger partial charge in [-0.1, -0.05) is 22.9 Å². The van der Waals surface area contributed by atoms with Crippen molar-refractivity contribution < 1.29 is 0 Å². The van der Waals surface area contributed by atoms with Gasteiger partial charge in [0.2, 0.25) is 0 Å². The summed E-state index contributed by atoms with van der Waals surface area (Å²) in [5.41, 5.74) is 4.55. The van der Waals surface area contributed by atoms with Crippen molar-refractivity contribution in [1.82, 2.24) is 20.4 Å². The summed E-state index contributed by atoms with van der Waals surface area (Å²) in [6.45, 7) is 0. The molecule has 0 bridgehead atoms. The molecule has 1 aromatic heterocycles. The predicted molar refractivity (Wildman–Crippen MR) is 77.0 cm³/mol. The molecular formula is C10H10Br2ClN5. The van der Waals surface area contributed by atoms with Crippen molar-refractivity contribution in [2.24, 2.45) is 12.9 Å². The summed E-state index contributed by atoms with van der Waals surface area (Å²) >= 11 is 12.7. The van der Waals surface area contributed by atoms with E-state index in [9.17, 15) is 0 Å². The fraction of sp³-hybridized carbons (Fsp3) is 0.200. The Morgan fingerprint density at radius 1 is 1.44 bits per heavy atom. The minimum absolute atomic E-state index is 0.229. The standard InChI is InChI=1S/C10H10Br2ClN5/c1-18-9(10(12)16-17-18)8(15-14)5-2-3-7(13)6(11)4-5/h2-4,8,15H,14H2,1H3. The molecule has 0 aliphatic carbocycles. The Morgan fingerprint density at radius 2 is 2.17 bits per heavy atom. The van der Waals surface area contributed by atoms with Gasteiger partial charge in [-0.05, 0) is 49.6 Å². The number of hydrogen-bond donors (Lipinski definition) is 2. The molecule has 0 amide bonds. The zero-order chi connectivity index (χ0) is 13.3. The summed E-state index contributed by atoms with van der Waals surface area (Å²) in [4.78, 5) is 0. The monoisotopic (exact) mass is 393 g/mol. The van der Waals surface area contributed by atoms with Gasteiger partial charge in [0.1, 0.15) is 0 Å². The minimum Gasteiger partial charge on any atom is -0.271 e. The highest BCUT2D eigenvalue weighted by molar-refractivity contribution is 9.10. The Labute approximate surface area is 126 Å². The van der Waals surface area contributed by atoms with Gasteiger partial charge in [0.25, 0.3) is 0 Å². The van der Waals surface area contributed by atoms with E-state index in [-0.39, 0.29) is 6.04 Å². The second kappa shape index (κ2) is 5.66. The van der Waals surface area contributed by atoms with Gasteiger partial charge in [-0.3, -0.25) is 5.84 Å². The highest BCUT2D eigenvalue weighted by Gasteiger charge is 2.21. The van der Waals surface area contributed by atoms with Crippen molar-refractivity contribution in [3.05, 3.63) is 43.6 Å². The van der Waals surface area contributed by atoms with E-state index in [0.717, 1.165) is 15.7 Å². The Hall–Kier alpha value is -0.470. The topological polar surface area (TPSA) is 68.8 Å². The number of rotatable bonds is 3. The zero-order valence-corrected chi connectivity index (χ0v) is 13.3. The number of nitrogens with two attached hydrogens (primary N) is 1. The summed E-state index contributed by atoms with van der Waals surface area (Å²) in [7, 11) is 1.81. The molecule has 2 rings (SSSR count). The number of halogens is 3. The van der Waals surface area contributed by atoms with Gasteiger partial charge in [0.15, 0.2) is 4.60 Å². The average molecular weight is 395 g/mol. The van der Waals surface area contributed by atoms with Crippen molar-refractivity contribution in [1.29, 1.82) is 0 Å². The van der Waals surface area contributed by atoms with E-state index in [2.05, 4.69) is 47.6 Å². The van der Waals surface area contributed by atoms with Crippen LogP contribution in [0.25, 0.3) is 0 Å². The van der Waals surface area contributed by atoms with Gasteiger partial charge in [0, 0.05) is 11.5 Å². The van der Waals surface area contributed by atoms with Crippen molar-refractivity contribution >= 4 is 43.5 Å². The number of hydrazine groups is 1. The van der Waals surface area contributed by atoms with E-state index in [0.29, 0.717) is 9.63 Å². The third-order valence-electron chi connectivity index (χ3n) is 2.54. The molecule has 0 aliphatic rings. The number of aromatic nitrogens is 3. The number of nitrogens with zero attached hydrogens (tertiary/aromatic N) is 3. The zero-order valence-electron chi connectivity index (χ0n) is 9.36. The fourth-order valence-corrected chi connectivity index (χ4v) is 2.74. The van der Waals surface area contributed by atoms with E-state index in [1.807, 2.05) is 25.2 Å². The molecule has 96 valence electrons. The van der Waals surface area contributed by atoms with Gasteiger partial charge >= 0.3 is 0 Å². The highest BCUT2D eigenvalue weighted by Crippen LogP contribution is 2.30. The van der Waals surface area contributed by atoms with Crippen molar-refractivity contribution in [3.8, 4) is 0 Å². The van der Waals surface area contributed by atoms with Gasteiger partial charge in [-0.2, -0.15) is 0 Å².